The summed E-state index contributed by atoms with van der Waals surface area (Å²) in [5.74, 6) is -3.97. The van der Waals surface area contributed by atoms with Gasteiger partial charge in [0.2, 0.25) is 0 Å². The smallest absolute Gasteiger partial charge is 0.301 e. The van der Waals surface area contributed by atoms with E-state index in [-0.39, 0.29) is 16.3 Å². The number of anilines is 1. The first kappa shape index (κ1) is 20.9. The summed E-state index contributed by atoms with van der Waals surface area (Å²) in [6.07, 6.45) is 0. The van der Waals surface area contributed by atoms with E-state index < -0.39 is 40.9 Å². The molecule has 1 aliphatic rings. The highest BCUT2D eigenvalue weighted by molar-refractivity contribution is 7.22. The van der Waals surface area contributed by atoms with Gasteiger partial charge >= 0.3 is 5.91 Å². The Balaban J connectivity index is 1.73. The predicted octanol–water partition coefficient (Wildman–Crippen LogP) is 5.34. The number of fused-ring (bicyclic) bond motifs is 1. The molecule has 0 spiro atoms. The first-order valence-electron chi connectivity index (χ1n) is 9.72. The molecule has 33 heavy (non-hydrogen) atoms. The minimum absolute atomic E-state index is 0.116. The summed E-state index contributed by atoms with van der Waals surface area (Å²) in [5, 5.41) is 11.1. The SMILES string of the molecule is O=C1C(=O)N(c2nc3ccc(F)cc3s2)C(c2ccc(F)cc2)/C1=C(\O)c1ccc(F)cc1. The van der Waals surface area contributed by atoms with E-state index in [1.54, 1.807) is 0 Å². The van der Waals surface area contributed by atoms with Gasteiger partial charge in [-0.1, -0.05) is 23.5 Å². The van der Waals surface area contributed by atoms with Gasteiger partial charge in [-0.25, -0.2) is 18.2 Å². The van der Waals surface area contributed by atoms with Gasteiger partial charge in [-0.2, -0.15) is 0 Å². The van der Waals surface area contributed by atoms with Crippen LogP contribution in [0.3, 0.4) is 0 Å². The average Bonchev–Trinajstić information content (AvgIpc) is 3.32. The van der Waals surface area contributed by atoms with Crippen LogP contribution >= 0.6 is 11.3 Å². The molecule has 5 rings (SSSR count). The van der Waals surface area contributed by atoms with Crippen molar-refractivity contribution in [2.75, 3.05) is 4.90 Å². The molecule has 1 unspecified atom stereocenters. The van der Waals surface area contributed by atoms with Crippen LogP contribution in [0.1, 0.15) is 17.2 Å². The van der Waals surface area contributed by atoms with E-state index in [2.05, 4.69) is 4.98 Å². The molecule has 9 heteroatoms. The highest BCUT2D eigenvalue weighted by Crippen LogP contribution is 2.44. The molecule has 1 N–H and O–H groups in total. The molecule has 2 heterocycles. The van der Waals surface area contributed by atoms with Gasteiger partial charge in [0.25, 0.3) is 5.78 Å². The molecule has 1 aliphatic heterocycles. The minimum Gasteiger partial charge on any atom is -0.507 e. The summed E-state index contributed by atoms with van der Waals surface area (Å²) in [7, 11) is 0. The third-order valence-electron chi connectivity index (χ3n) is 5.29. The maximum Gasteiger partial charge on any atom is 0.301 e. The Morgan fingerprint density at radius 2 is 1.48 bits per heavy atom. The lowest BCUT2D eigenvalue weighted by Crippen LogP contribution is -2.29. The molecule has 1 atom stereocenters. The number of carbonyl (C=O) groups is 2. The van der Waals surface area contributed by atoms with Crippen molar-refractivity contribution in [2.24, 2.45) is 0 Å². The van der Waals surface area contributed by atoms with Gasteiger partial charge in [0.05, 0.1) is 21.8 Å². The van der Waals surface area contributed by atoms with Crippen LogP contribution in [0.5, 0.6) is 0 Å². The van der Waals surface area contributed by atoms with Crippen LogP contribution in [0.15, 0.2) is 72.3 Å². The number of rotatable bonds is 3. The number of ketones is 1. The number of thiazole rings is 1. The number of benzene rings is 3. The quantitative estimate of drug-likeness (QED) is 0.251. The normalized spacial score (nSPS) is 17.8. The van der Waals surface area contributed by atoms with Gasteiger partial charge in [0.1, 0.15) is 23.2 Å². The fourth-order valence-electron chi connectivity index (χ4n) is 3.74. The van der Waals surface area contributed by atoms with Crippen LogP contribution in [-0.2, 0) is 9.59 Å². The maximum absolute atomic E-state index is 13.7. The number of nitrogens with zero attached hydrogens (tertiary/aromatic N) is 2. The molecule has 0 saturated carbocycles. The van der Waals surface area contributed by atoms with Crippen molar-refractivity contribution in [3.8, 4) is 0 Å². The summed E-state index contributed by atoms with van der Waals surface area (Å²) in [5.41, 5.74) is 0.663. The first-order chi connectivity index (χ1) is 15.8. The number of hydrogen-bond donors (Lipinski definition) is 1. The van der Waals surface area contributed by atoms with Crippen LogP contribution in [0.4, 0.5) is 18.3 Å². The van der Waals surface area contributed by atoms with Gasteiger partial charge in [0, 0.05) is 5.56 Å². The topological polar surface area (TPSA) is 70.5 Å². The summed E-state index contributed by atoms with van der Waals surface area (Å²) in [6.45, 7) is 0. The monoisotopic (exact) mass is 466 g/mol. The number of aliphatic hydroxyl groups is 1. The summed E-state index contributed by atoms with van der Waals surface area (Å²) < 4.78 is 41.1. The Morgan fingerprint density at radius 1 is 0.879 bits per heavy atom. The Hall–Kier alpha value is -3.98. The summed E-state index contributed by atoms with van der Waals surface area (Å²) >= 11 is 1.00. The van der Waals surface area contributed by atoms with E-state index in [0.717, 1.165) is 28.4 Å². The number of Topliss-reactive ketones (excluding diaryl/α,β-unsaturated/α-hetero) is 1. The van der Waals surface area contributed by atoms with Gasteiger partial charge in [-0.15, -0.1) is 0 Å². The van der Waals surface area contributed by atoms with Crippen LogP contribution in [0.2, 0.25) is 0 Å². The van der Waals surface area contributed by atoms with E-state index in [1.807, 2.05) is 0 Å². The van der Waals surface area contributed by atoms with Gasteiger partial charge < -0.3 is 5.11 Å². The number of aliphatic hydroxyl groups excluding tert-OH is 1. The molecule has 3 aromatic carbocycles. The molecule has 0 bridgehead atoms. The van der Waals surface area contributed by atoms with E-state index >= 15 is 0 Å². The second-order valence-electron chi connectivity index (χ2n) is 7.34. The molecule has 1 amide bonds. The summed E-state index contributed by atoms with van der Waals surface area (Å²) in [6, 6.07) is 12.7. The van der Waals surface area contributed by atoms with E-state index in [4.69, 9.17) is 0 Å². The second-order valence-corrected chi connectivity index (χ2v) is 8.35. The molecule has 5 nitrogen and oxygen atoms in total. The molecule has 4 aromatic rings. The average molecular weight is 466 g/mol. The predicted molar refractivity (Wildman–Crippen MR) is 117 cm³/mol. The lowest BCUT2D eigenvalue weighted by molar-refractivity contribution is -0.132. The van der Waals surface area contributed by atoms with Crippen molar-refractivity contribution in [3.05, 3.63) is 101 Å². The third kappa shape index (κ3) is 3.56. The summed E-state index contributed by atoms with van der Waals surface area (Å²) in [4.78, 5) is 31.6. The van der Waals surface area contributed by atoms with Crippen molar-refractivity contribution < 1.29 is 27.9 Å². The minimum atomic E-state index is -1.12. The van der Waals surface area contributed by atoms with Crippen molar-refractivity contribution in [3.63, 3.8) is 0 Å². The third-order valence-corrected chi connectivity index (χ3v) is 6.31. The van der Waals surface area contributed by atoms with Crippen molar-refractivity contribution >= 4 is 44.1 Å². The molecule has 0 radical (unpaired) electrons. The van der Waals surface area contributed by atoms with E-state index in [9.17, 15) is 27.9 Å². The molecule has 1 saturated heterocycles. The zero-order chi connectivity index (χ0) is 23.3. The van der Waals surface area contributed by atoms with E-state index in [1.165, 1.54) is 54.6 Å². The molecule has 0 aliphatic carbocycles. The molecule has 1 aromatic heterocycles. The maximum atomic E-state index is 13.7. The van der Waals surface area contributed by atoms with Crippen molar-refractivity contribution in [1.29, 1.82) is 0 Å². The fourth-order valence-corrected chi connectivity index (χ4v) is 4.76. The Labute approximate surface area is 189 Å². The van der Waals surface area contributed by atoms with Crippen LogP contribution in [0, 0.1) is 17.5 Å². The van der Waals surface area contributed by atoms with E-state index in [0.29, 0.717) is 15.8 Å². The lowest BCUT2D eigenvalue weighted by Gasteiger charge is -2.23. The number of carbonyl (C=O) groups excluding carboxylic acids is 2. The molecular weight excluding hydrogens is 453 g/mol. The Morgan fingerprint density at radius 3 is 2.15 bits per heavy atom. The molecule has 164 valence electrons. The fraction of sp³-hybridized carbons (Fsp3) is 0.0417. The molecule has 1 fully saturated rings. The van der Waals surface area contributed by atoms with Gasteiger partial charge in [0.15, 0.2) is 5.13 Å². The Bertz CT molecular complexity index is 1450. The zero-order valence-electron chi connectivity index (χ0n) is 16.6. The second kappa shape index (κ2) is 7.86. The number of halogens is 3. The van der Waals surface area contributed by atoms with Crippen LogP contribution in [0.25, 0.3) is 16.0 Å². The number of hydrogen-bond acceptors (Lipinski definition) is 5. The number of aromatic nitrogens is 1. The highest BCUT2D eigenvalue weighted by atomic mass is 32.1. The first-order valence-corrected chi connectivity index (χ1v) is 10.5. The van der Waals surface area contributed by atoms with Crippen molar-refractivity contribution in [1.82, 2.24) is 4.98 Å². The Kier molecular flexibility index (Phi) is 4.98. The van der Waals surface area contributed by atoms with Crippen LogP contribution in [-0.4, -0.2) is 21.8 Å². The highest BCUT2D eigenvalue weighted by Gasteiger charge is 2.48. The van der Waals surface area contributed by atoms with Crippen molar-refractivity contribution in [2.45, 2.75) is 6.04 Å². The van der Waals surface area contributed by atoms with Gasteiger partial charge in [-0.3, -0.25) is 14.5 Å². The van der Waals surface area contributed by atoms with Crippen LogP contribution < -0.4 is 4.90 Å². The standard InChI is InChI=1S/C24H13F3N2O3S/c25-14-5-1-12(2-6-14)20-19(21(30)13-3-7-15(26)8-4-13)22(31)23(32)29(20)24-28-17-10-9-16(27)11-18(17)33-24/h1-11,20,30H/b21-19+. The molecular formula is C24H13F3N2O3S. The zero-order valence-corrected chi connectivity index (χ0v) is 17.4. The lowest BCUT2D eigenvalue weighted by atomic mass is 9.95. The number of amides is 1. The van der Waals surface area contributed by atoms with Gasteiger partial charge in [-0.05, 0) is 60.2 Å². The largest absolute Gasteiger partial charge is 0.507 e.